The zero-order chi connectivity index (χ0) is 11.9. The second-order valence-corrected chi connectivity index (χ2v) is 4.36. The molecule has 4 nitrogen and oxygen atoms in total. The van der Waals surface area contributed by atoms with Gasteiger partial charge in [0.05, 0.1) is 12.5 Å². The summed E-state index contributed by atoms with van der Waals surface area (Å²) in [6, 6.07) is 1.71. The third-order valence-corrected chi connectivity index (χ3v) is 2.88. The molecule has 15 heavy (non-hydrogen) atoms. The molecule has 0 aromatic heterocycles. The van der Waals surface area contributed by atoms with Crippen molar-refractivity contribution in [3.63, 3.8) is 0 Å². The van der Waals surface area contributed by atoms with Gasteiger partial charge in [0, 0.05) is 0 Å². The standard InChI is InChI=1S/C10H13NO3S/c1-3-5-6-9(4-2)10(7-8-11)15(12,13)14/h3-6,10H,2,7H2,1H3,(H,12,13,14). The van der Waals surface area contributed by atoms with Crippen LogP contribution in [0.15, 0.2) is 36.5 Å². The number of hydrogen-bond donors (Lipinski definition) is 1. The van der Waals surface area contributed by atoms with Gasteiger partial charge in [-0.05, 0) is 12.5 Å². The first-order chi connectivity index (χ1) is 6.97. The van der Waals surface area contributed by atoms with Crippen LogP contribution in [0.25, 0.3) is 0 Å². The quantitative estimate of drug-likeness (QED) is 0.574. The summed E-state index contributed by atoms with van der Waals surface area (Å²) >= 11 is 0. The molecule has 0 aromatic carbocycles. The summed E-state index contributed by atoms with van der Waals surface area (Å²) in [5.74, 6) is 0. The van der Waals surface area contributed by atoms with E-state index in [-0.39, 0.29) is 6.42 Å². The maximum atomic E-state index is 11.0. The van der Waals surface area contributed by atoms with Crippen LogP contribution in [0.3, 0.4) is 0 Å². The summed E-state index contributed by atoms with van der Waals surface area (Å²) < 4.78 is 30.9. The van der Waals surface area contributed by atoms with Crippen molar-refractivity contribution in [3.8, 4) is 6.07 Å². The van der Waals surface area contributed by atoms with Gasteiger partial charge < -0.3 is 0 Å². The number of allylic oxidation sites excluding steroid dienone is 4. The van der Waals surface area contributed by atoms with Gasteiger partial charge in [0.25, 0.3) is 10.1 Å². The van der Waals surface area contributed by atoms with Gasteiger partial charge in [0.2, 0.25) is 0 Å². The van der Waals surface area contributed by atoms with E-state index in [1.54, 1.807) is 25.1 Å². The molecule has 1 atom stereocenters. The second-order valence-electron chi connectivity index (χ2n) is 2.76. The Morgan fingerprint density at radius 3 is 2.60 bits per heavy atom. The summed E-state index contributed by atoms with van der Waals surface area (Å²) in [4.78, 5) is 0. The minimum Gasteiger partial charge on any atom is -0.285 e. The Labute approximate surface area is 90.0 Å². The van der Waals surface area contributed by atoms with Crippen LogP contribution >= 0.6 is 0 Å². The SMILES string of the molecule is C=CC(=CC=CC)C(CC#N)S(=O)(=O)O. The van der Waals surface area contributed by atoms with E-state index in [4.69, 9.17) is 9.81 Å². The molecule has 0 aromatic rings. The lowest BCUT2D eigenvalue weighted by atomic mass is 10.1. The molecule has 0 aliphatic rings. The van der Waals surface area contributed by atoms with Crippen molar-refractivity contribution in [2.45, 2.75) is 18.6 Å². The Bertz CT molecular complexity index is 412. The van der Waals surface area contributed by atoms with Gasteiger partial charge in [-0.1, -0.05) is 30.9 Å². The van der Waals surface area contributed by atoms with Gasteiger partial charge in [-0.25, -0.2) is 0 Å². The van der Waals surface area contributed by atoms with Gasteiger partial charge in [-0.3, -0.25) is 4.55 Å². The lowest BCUT2D eigenvalue weighted by Crippen LogP contribution is -2.21. The largest absolute Gasteiger partial charge is 0.285 e. The van der Waals surface area contributed by atoms with Crippen LogP contribution in [0.1, 0.15) is 13.3 Å². The highest BCUT2D eigenvalue weighted by Crippen LogP contribution is 2.16. The summed E-state index contributed by atoms with van der Waals surface area (Å²) in [5.41, 5.74) is 0.303. The van der Waals surface area contributed by atoms with Crippen LogP contribution in [0.5, 0.6) is 0 Å². The Morgan fingerprint density at radius 1 is 1.67 bits per heavy atom. The topological polar surface area (TPSA) is 78.2 Å². The molecule has 82 valence electrons. The Balaban J connectivity index is 5.24. The van der Waals surface area contributed by atoms with E-state index < -0.39 is 15.4 Å². The fourth-order valence-corrected chi connectivity index (χ4v) is 1.80. The average molecular weight is 227 g/mol. The molecule has 1 N–H and O–H groups in total. The maximum Gasteiger partial charge on any atom is 0.273 e. The van der Waals surface area contributed by atoms with Crippen LogP contribution in [-0.4, -0.2) is 18.2 Å². The molecular weight excluding hydrogens is 214 g/mol. The predicted octanol–water partition coefficient (Wildman–Crippen LogP) is 1.84. The highest BCUT2D eigenvalue weighted by Gasteiger charge is 2.24. The molecule has 0 heterocycles. The molecule has 0 radical (unpaired) electrons. The Morgan fingerprint density at radius 2 is 2.27 bits per heavy atom. The van der Waals surface area contributed by atoms with E-state index in [0.29, 0.717) is 5.57 Å². The first-order valence-electron chi connectivity index (χ1n) is 4.26. The minimum atomic E-state index is -4.26. The van der Waals surface area contributed by atoms with Crippen molar-refractivity contribution in [1.29, 1.82) is 5.26 Å². The fourth-order valence-electron chi connectivity index (χ4n) is 0.992. The Hall–Kier alpha value is -1.38. The van der Waals surface area contributed by atoms with Crippen molar-refractivity contribution in [2.75, 3.05) is 0 Å². The van der Waals surface area contributed by atoms with E-state index in [1.807, 2.05) is 0 Å². The normalized spacial score (nSPS) is 14.9. The summed E-state index contributed by atoms with van der Waals surface area (Å²) in [6.07, 6.45) is 5.84. The monoisotopic (exact) mass is 227 g/mol. The second kappa shape index (κ2) is 6.17. The number of nitrogens with zero attached hydrogens (tertiary/aromatic N) is 1. The third kappa shape index (κ3) is 4.58. The molecule has 0 aliphatic carbocycles. The van der Waals surface area contributed by atoms with Gasteiger partial charge in [-0.2, -0.15) is 13.7 Å². The van der Waals surface area contributed by atoms with Crippen LogP contribution < -0.4 is 0 Å². The molecule has 0 spiro atoms. The van der Waals surface area contributed by atoms with Gasteiger partial charge in [0.1, 0.15) is 5.25 Å². The maximum absolute atomic E-state index is 11.0. The lowest BCUT2D eigenvalue weighted by molar-refractivity contribution is 0.474. The molecule has 0 rings (SSSR count). The van der Waals surface area contributed by atoms with Crippen LogP contribution in [-0.2, 0) is 10.1 Å². The zero-order valence-electron chi connectivity index (χ0n) is 8.42. The molecule has 0 fully saturated rings. The first kappa shape index (κ1) is 13.6. The molecule has 1 unspecified atom stereocenters. The third-order valence-electron chi connectivity index (χ3n) is 1.72. The highest BCUT2D eigenvalue weighted by molar-refractivity contribution is 7.86. The highest BCUT2D eigenvalue weighted by atomic mass is 32.2. The minimum absolute atomic E-state index is 0.297. The van der Waals surface area contributed by atoms with Crippen molar-refractivity contribution in [1.82, 2.24) is 0 Å². The van der Waals surface area contributed by atoms with Crippen LogP contribution in [0.2, 0.25) is 0 Å². The smallest absolute Gasteiger partial charge is 0.273 e. The number of hydrogen-bond acceptors (Lipinski definition) is 3. The molecule has 0 saturated heterocycles. The number of nitriles is 1. The summed E-state index contributed by atoms with van der Waals surface area (Å²) in [5, 5.41) is 7.24. The van der Waals surface area contributed by atoms with Crippen LogP contribution in [0, 0.1) is 11.3 Å². The fraction of sp³-hybridized carbons (Fsp3) is 0.300. The molecule has 0 bridgehead atoms. The van der Waals surface area contributed by atoms with E-state index in [9.17, 15) is 8.42 Å². The summed E-state index contributed by atoms with van der Waals surface area (Å²) in [6.45, 7) is 5.21. The van der Waals surface area contributed by atoms with E-state index in [2.05, 4.69) is 6.58 Å². The number of rotatable bonds is 5. The van der Waals surface area contributed by atoms with Gasteiger partial charge in [-0.15, -0.1) is 0 Å². The van der Waals surface area contributed by atoms with Gasteiger partial charge >= 0.3 is 0 Å². The van der Waals surface area contributed by atoms with Gasteiger partial charge in [0.15, 0.2) is 0 Å². The van der Waals surface area contributed by atoms with E-state index in [1.165, 1.54) is 12.2 Å². The van der Waals surface area contributed by atoms with Crippen molar-refractivity contribution in [2.24, 2.45) is 0 Å². The van der Waals surface area contributed by atoms with Crippen molar-refractivity contribution < 1.29 is 13.0 Å². The molecule has 0 amide bonds. The molecular formula is C10H13NO3S. The molecule has 0 aliphatic heterocycles. The first-order valence-corrected chi connectivity index (χ1v) is 5.76. The van der Waals surface area contributed by atoms with E-state index in [0.717, 1.165) is 0 Å². The van der Waals surface area contributed by atoms with Crippen LogP contribution in [0.4, 0.5) is 0 Å². The van der Waals surface area contributed by atoms with E-state index >= 15 is 0 Å². The zero-order valence-corrected chi connectivity index (χ0v) is 9.24. The lowest BCUT2D eigenvalue weighted by Gasteiger charge is -2.10. The summed E-state index contributed by atoms with van der Waals surface area (Å²) in [7, 11) is -4.26. The predicted molar refractivity (Wildman–Crippen MR) is 58.7 cm³/mol. The molecule has 0 saturated carbocycles. The average Bonchev–Trinajstić information content (AvgIpc) is 2.15. The van der Waals surface area contributed by atoms with Crippen molar-refractivity contribution in [3.05, 3.63) is 36.5 Å². The Kier molecular flexibility index (Phi) is 5.60. The van der Waals surface area contributed by atoms with Crippen molar-refractivity contribution >= 4 is 10.1 Å². The molecule has 5 heteroatoms.